The molecule has 2 amide bonds. The highest BCUT2D eigenvalue weighted by Gasteiger charge is 2.29. The number of para-hydroxylation sites is 1. The molecule has 1 aromatic heterocycles. The Bertz CT molecular complexity index is 1360. The van der Waals surface area contributed by atoms with Gasteiger partial charge in [-0.3, -0.25) is 9.59 Å². The number of aromatic nitrogens is 1. The number of hydrogen-bond acceptors (Lipinski definition) is 3. The molecule has 5 rings (SSSR count). The molecule has 184 valence electrons. The van der Waals surface area contributed by atoms with Gasteiger partial charge in [-0.2, -0.15) is 0 Å². The predicted molar refractivity (Wildman–Crippen MR) is 141 cm³/mol. The third kappa shape index (κ3) is 5.04. The molecule has 6 nitrogen and oxygen atoms in total. The summed E-state index contributed by atoms with van der Waals surface area (Å²) in [5.74, 6) is 0.0276. The zero-order valence-electron chi connectivity index (χ0n) is 20.5. The van der Waals surface area contributed by atoms with E-state index in [0.29, 0.717) is 32.7 Å². The van der Waals surface area contributed by atoms with Gasteiger partial charge in [-0.1, -0.05) is 66.7 Å². The minimum absolute atomic E-state index is 0.00328. The van der Waals surface area contributed by atoms with Gasteiger partial charge in [0.25, 0.3) is 5.91 Å². The molecule has 2 heterocycles. The highest BCUT2D eigenvalue weighted by Crippen LogP contribution is 2.26. The van der Waals surface area contributed by atoms with E-state index in [2.05, 4.69) is 40.3 Å². The fourth-order valence-electron chi connectivity index (χ4n) is 5.05. The summed E-state index contributed by atoms with van der Waals surface area (Å²) < 4.78 is 7.39. The van der Waals surface area contributed by atoms with E-state index >= 15 is 0 Å². The van der Waals surface area contributed by atoms with Crippen molar-refractivity contribution in [3.8, 4) is 0 Å². The lowest BCUT2D eigenvalue weighted by Gasteiger charge is -2.24. The molecular weight excluding hydrogens is 450 g/mol. The fourth-order valence-corrected chi connectivity index (χ4v) is 5.05. The lowest BCUT2D eigenvalue weighted by atomic mass is 9.98. The van der Waals surface area contributed by atoms with E-state index < -0.39 is 0 Å². The number of carbonyl (C=O) groups is 2. The van der Waals surface area contributed by atoms with Crippen LogP contribution in [0.4, 0.5) is 0 Å². The van der Waals surface area contributed by atoms with Crippen molar-refractivity contribution >= 4 is 22.7 Å². The van der Waals surface area contributed by atoms with Gasteiger partial charge in [0, 0.05) is 61.9 Å². The average Bonchev–Trinajstić information content (AvgIpc) is 3.42. The second-order valence-corrected chi connectivity index (χ2v) is 9.29. The zero-order valence-corrected chi connectivity index (χ0v) is 20.5. The van der Waals surface area contributed by atoms with Crippen molar-refractivity contribution in [3.05, 3.63) is 107 Å². The molecule has 1 aliphatic rings. The topological polar surface area (TPSA) is 63.6 Å². The second-order valence-electron chi connectivity index (χ2n) is 9.29. The van der Waals surface area contributed by atoms with E-state index in [0.717, 1.165) is 39.7 Å². The number of carbonyl (C=O) groups excluding carboxylic acids is 2. The van der Waals surface area contributed by atoms with Crippen molar-refractivity contribution in [2.75, 3.05) is 26.8 Å². The van der Waals surface area contributed by atoms with Gasteiger partial charge in [0.15, 0.2) is 0 Å². The van der Waals surface area contributed by atoms with Crippen LogP contribution in [-0.4, -0.2) is 48.1 Å². The van der Waals surface area contributed by atoms with Crippen molar-refractivity contribution in [1.82, 2.24) is 14.8 Å². The summed E-state index contributed by atoms with van der Waals surface area (Å²) >= 11 is 0. The third-order valence-electron chi connectivity index (χ3n) is 6.91. The number of ether oxygens (including phenoxy) is 1. The van der Waals surface area contributed by atoms with Crippen LogP contribution in [0.1, 0.15) is 33.0 Å². The molecule has 1 N–H and O–H groups in total. The molecule has 1 aliphatic heterocycles. The van der Waals surface area contributed by atoms with Crippen LogP contribution in [0.3, 0.4) is 0 Å². The van der Waals surface area contributed by atoms with Gasteiger partial charge in [0.2, 0.25) is 5.91 Å². The molecule has 6 heteroatoms. The first kappa shape index (κ1) is 23.8. The molecule has 0 bridgehead atoms. The number of nitrogens with zero attached hydrogens (tertiary/aromatic N) is 2. The average molecular weight is 482 g/mol. The monoisotopic (exact) mass is 481 g/mol. The molecule has 0 fully saturated rings. The van der Waals surface area contributed by atoms with Crippen molar-refractivity contribution in [1.29, 1.82) is 0 Å². The van der Waals surface area contributed by atoms with Gasteiger partial charge in [-0.15, -0.1) is 0 Å². The Morgan fingerprint density at radius 3 is 2.56 bits per heavy atom. The molecular formula is C30H31N3O3. The molecule has 1 atom stereocenters. The van der Waals surface area contributed by atoms with Crippen LogP contribution < -0.4 is 5.32 Å². The largest absolute Gasteiger partial charge is 0.383 e. The standard InChI is InChI=1S/C30H31N3O3/c1-36-16-15-32-20-24(26-12-7-8-14-28(26)32)17-29(34)31-18-25(22-9-3-2-4-10-22)21-33-19-23-11-5-6-13-27(23)30(33)35/h2-14,20,25H,15-19,21H2,1H3,(H,31,34). The van der Waals surface area contributed by atoms with Gasteiger partial charge in [0.1, 0.15) is 0 Å². The SMILES string of the molecule is COCCn1cc(CC(=O)NCC(CN2Cc3ccccc3C2=O)c2ccccc2)c2ccccc21. The van der Waals surface area contributed by atoms with Crippen molar-refractivity contribution < 1.29 is 14.3 Å². The number of methoxy groups -OCH3 is 1. The normalized spacial score (nSPS) is 13.7. The van der Waals surface area contributed by atoms with E-state index in [1.807, 2.05) is 59.5 Å². The molecule has 0 saturated carbocycles. The maximum atomic E-state index is 13.1. The highest BCUT2D eigenvalue weighted by molar-refractivity contribution is 5.98. The van der Waals surface area contributed by atoms with Crippen LogP contribution in [0, 0.1) is 0 Å². The minimum Gasteiger partial charge on any atom is -0.383 e. The van der Waals surface area contributed by atoms with Gasteiger partial charge >= 0.3 is 0 Å². The summed E-state index contributed by atoms with van der Waals surface area (Å²) in [4.78, 5) is 27.9. The molecule has 0 radical (unpaired) electrons. The van der Waals surface area contributed by atoms with Crippen LogP contribution in [-0.2, 0) is 29.0 Å². The van der Waals surface area contributed by atoms with Gasteiger partial charge < -0.3 is 19.5 Å². The van der Waals surface area contributed by atoms with Crippen LogP contribution in [0.5, 0.6) is 0 Å². The molecule has 1 unspecified atom stereocenters. The summed E-state index contributed by atoms with van der Waals surface area (Å²) in [6.07, 6.45) is 2.36. The maximum Gasteiger partial charge on any atom is 0.254 e. The summed E-state index contributed by atoms with van der Waals surface area (Å²) in [6.45, 7) is 2.97. The first-order valence-corrected chi connectivity index (χ1v) is 12.4. The van der Waals surface area contributed by atoms with E-state index in [-0.39, 0.29) is 17.7 Å². The summed E-state index contributed by atoms with van der Waals surface area (Å²) in [5.41, 5.74) is 5.05. The first-order chi connectivity index (χ1) is 17.6. The van der Waals surface area contributed by atoms with E-state index in [4.69, 9.17) is 4.74 Å². The van der Waals surface area contributed by atoms with Gasteiger partial charge in [-0.25, -0.2) is 0 Å². The summed E-state index contributed by atoms with van der Waals surface area (Å²) in [6, 6.07) is 26.0. The molecule has 0 saturated heterocycles. The van der Waals surface area contributed by atoms with Gasteiger partial charge in [0.05, 0.1) is 13.0 Å². The number of amides is 2. The fraction of sp³-hybridized carbons (Fsp3) is 0.267. The van der Waals surface area contributed by atoms with E-state index in [1.54, 1.807) is 7.11 Å². The molecule has 3 aromatic carbocycles. The number of benzene rings is 3. The number of fused-ring (bicyclic) bond motifs is 2. The Labute approximate surface area is 211 Å². The summed E-state index contributed by atoms with van der Waals surface area (Å²) in [7, 11) is 1.69. The molecule has 36 heavy (non-hydrogen) atoms. The minimum atomic E-state index is -0.0263. The molecule has 0 spiro atoms. The summed E-state index contributed by atoms with van der Waals surface area (Å²) in [5, 5.41) is 4.23. The van der Waals surface area contributed by atoms with Crippen LogP contribution in [0.2, 0.25) is 0 Å². The maximum absolute atomic E-state index is 13.1. The van der Waals surface area contributed by atoms with Crippen LogP contribution in [0.25, 0.3) is 10.9 Å². The Hall–Kier alpha value is -3.90. The lowest BCUT2D eigenvalue weighted by molar-refractivity contribution is -0.120. The third-order valence-corrected chi connectivity index (χ3v) is 6.91. The van der Waals surface area contributed by atoms with Crippen LogP contribution >= 0.6 is 0 Å². The van der Waals surface area contributed by atoms with Crippen molar-refractivity contribution in [2.45, 2.75) is 25.4 Å². The Balaban J connectivity index is 1.28. The zero-order chi connectivity index (χ0) is 24.9. The highest BCUT2D eigenvalue weighted by atomic mass is 16.5. The van der Waals surface area contributed by atoms with Crippen LogP contribution in [0.15, 0.2) is 85.1 Å². The lowest BCUT2D eigenvalue weighted by Crippen LogP contribution is -2.36. The predicted octanol–water partition coefficient (Wildman–Crippen LogP) is 4.39. The Morgan fingerprint density at radius 1 is 1.00 bits per heavy atom. The number of nitrogens with one attached hydrogen (secondary N) is 1. The smallest absolute Gasteiger partial charge is 0.254 e. The van der Waals surface area contributed by atoms with E-state index in [1.165, 1.54) is 0 Å². The number of rotatable bonds is 10. The quantitative estimate of drug-likeness (QED) is 0.366. The number of hydrogen-bond donors (Lipinski definition) is 1. The van der Waals surface area contributed by atoms with Crippen molar-refractivity contribution in [3.63, 3.8) is 0 Å². The van der Waals surface area contributed by atoms with E-state index in [9.17, 15) is 9.59 Å². The van der Waals surface area contributed by atoms with Crippen molar-refractivity contribution in [2.24, 2.45) is 0 Å². The molecule has 4 aromatic rings. The second kappa shape index (κ2) is 10.8. The Morgan fingerprint density at radius 2 is 1.75 bits per heavy atom. The Kier molecular flexibility index (Phi) is 7.14. The molecule has 0 aliphatic carbocycles. The first-order valence-electron chi connectivity index (χ1n) is 12.4. The van der Waals surface area contributed by atoms with Gasteiger partial charge in [-0.05, 0) is 28.8 Å².